The van der Waals surface area contributed by atoms with Crippen molar-refractivity contribution in [3.8, 4) is 5.75 Å². The molecule has 2 aromatic rings. The molecule has 1 aromatic heterocycles. The van der Waals surface area contributed by atoms with E-state index in [9.17, 15) is 0 Å². The fraction of sp³-hybridized carbons (Fsp3) is 0.357. The van der Waals surface area contributed by atoms with Gasteiger partial charge in [-0.15, -0.1) is 0 Å². The third-order valence-corrected chi connectivity index (χ3v) is 3.55. The molecule has 0 radical (unpaired) electrons. The standard InChI is InChI=1S/C14H19BrN4O/c1-9(2)20-11-6-4-5-10(7-11)13(18-16)14-12(15)8-17-19(14)3/h4-9,13,18H,16H2,1-3H3. The minimum absolute atomic E-state index is 0.137. The number of halogens is 1. The molecular weight excluding hydrogens is 320 g/mol. The average molecular weight is 339 g/mol. The van der Waals surface area contributed by atoms with Crippen molar-refractivity contribution in [1.29, 1.82) is 0 Å². The van der Waals surface area contributed by atoms with E-state index in [0.29, 0.717) is 0 Å². The summed E-state index contributed by atoms with van der Waals surface area (Å²) in [5.41, 5.74) is 4.83. The number of hydrogen-bond donors (Lipinski definition) is 2. The smallest absolute Gasteiger partial charge is 0.120 e. The molecule has 0 aliphatic rings. The lowest BCUT2D eigenvalue weighted by Gasteiger charge is -2.19. The Kier molecular flexibility index (Phi) is 4.80. The fourth-order valence-electron chi connectivity index (χ4n) is 2.12. The van der Waals surface area contributed by atoms with Crippen LogP contribution in [0.3, 0.4) is 0 Å². The molecule has 0 aliphatic heterocycles. The molecule has 108 valence electrons. The first kappa shape index (κ1) is 15.0. The number of hydrazine groups is 1. The van der Waals surface area contributed by atoms with Crippen molar-refractivity contribution >= 4 is 15.9 Å². The van der Waals surface area contributed by atoms with Crippen LogP contribution < -0.4 is 16.0 Å². The molecule has 1 heterocycles. The number of aromatic nitrogens is 2. The summed E-state index contributed by atoms with van der Waals surface area (Å²) >= 11 is 3.50. The van der Waals surface area contributed by atoms with E-state index in [1.165, 1.54) is 0 Å². The molecule has 2 rings (SSSR count). The van der Waals surface area contributed by atoms with Crippen LogP contribution in [0.1, 0.15) is 31.1 Å². The summed E-state index contributed by atoms with van der Waals surface area (Å²) in [6, 6.07) is 7.74. The first-order chi connectivity index (χ1) is 9.52. The van der Waals surface area contributed by atoms with Gasteiger partial charge in [0.15, 0.2) is 0 Å². The van der Waals surface area contributed by atoms with Gasteiger partial charge in [-0.2, -0.15) is 5.10 Å². The van der Waals surface area contributed by atoms with E-state index >= 15 is 0 Å². The normalized spacial score (nSPS) is 12.7. The lowest BCUT2D eigenvalue weighted by atomic mass is 10.0. The number of benzene rings is 1. The van der Waals surface area contributed by atoms with Gasteiger partial charge in [-0.1, -0.05) is 12.1 Å². The van der Waals surface area contributed by atoms with E-state index in [0.717, 1.165) is 21.5 Å². The number of nitrogens with two attached hydrogens (primary N) is 1. The lowest BCUT2D eigenvalue weighted by Crippen LogP contribution is -2.30. The zero-order chi connectivity index (χ0) is 14.7. The van der Waals surface area contributed by atoms with Gasteiger partial charge in [0.05, 0.1) is 28.5 Å². The minimum atomic E-state index is -0.160. The van der Waals surface area contributed by atoms with Crippen molar-refractivity contribution in [1.82, 2.24) is 15.2 Å². The molecule has 5 nitrogen and oxygen atoms in total. The van der Waals surface area contributed by atoms with E-state index in [4.69, 9.17) is 10.6 Å². The second-order valence-electron chi connectivity index (χ2n) is 4.84. The summed E-state index contributed by atoms with van der Waals surface area (Å²) in [5.74, 6) is 6.56. The van der Waals surface area contributed by atoms with Crippen molar-refractivity contribution in [3.63, 3.8) is 0 Å². The molecule has 1 atom stereocenters. The number of nitrogens with zero attached hydrogens (tertiary/aromatic N) is 2. The van der Waals surface area contributed by atoms with Crippen LogP contribution in [0.2, 0.25) is 0 Å². The molecule has 3 N–H and O–H groups in total. The Labute approximate surface area is 127 Å². The molecule has 0 fully saturated rings. The Balaban J connectivity index is 2.37. The highest BCUT2D eigenvalue weighted by molar-refractivity contribution is 9.10. The fourth-order valence-corrected chi connectivity index (χ4v) is 2.69. The summed E-state index contributed by atoms with van der Waals surface area (Å²) in [6.07, 6.45) is 1.90. The number of rotatable bonds is 5. The number of nitrogens with one attached hydrogen (secondary N) is 1. The average Bonchev–Trinajstić information content (AvgIpc) is 2.71. The SMILES string of the molecule is CC(C)Oc1cccc(C(NN)c2c(Br)cnn2C)c1. The maximum Gasteiger partial charge on any atom is 0.120 e. The van der Waals surface area contributed by atoms with Gasteiger partial charge in [0.25, 0.3) is 0 Å². The third-order valence-electron chi connectivity index (χ3n) is 2.94. The van der Waals surface area contributed by atoms with Crippen molar-refractivity contribution < 1.29 is 4.74 Å². The van der Waals surface area contributed by atoms with E-state index in [-0.39, 0.29) is 12.1 Å². The molecule has 0 spiro atoms. The topological polar surface area (TPSA) is 65.1 Å². The lowest BCUT2D eigenvalue weighted by molar-refractivity contribution is 0.242. The number of hydrogen-bond acceptors (Lipinski definition) is 4. The summed E-state index contributed by atoms with van der Waals surface area (Å²) in [7, 11) is 1.89. The molecule has 1 aromatic carbocycles. The number of aryl methyl sites for hydroxylation is 1. The second kappa shape index (κ2) is 6.39. The first-order valence-corrected chi connectivity index (χ1v) is 7.22. The molecule has 0 amide bonds. The Hall–Kier alpha value is -1.37. The molecule has 1 unspecified atom stereocenters. The Morgan fingerprint density at radius 2 is 2.15 bits per heavy atom. The van der Waals surface area contributed by atoms with Gasteiger partial charge in [0, 0.05) is 7.05 Å². The zero-order valence-corrected chi connectivity index (χ0v) is 13.4. The van der Waals surface area contributed by atoms with Crippen molar-refractivity contribution in [2.45, 2.75) is 26.0 Å². The van der Waals surface area contributed by atoms with Crippen LogP contribution in [0.4, 0.5) is 0 Å². The molecule has 0 bridgehead atoms. The van der Waals surface area contributed by atoms with Gasteiger partial charge in [-0.05, 0) is 47.5 Å². The van der Waals surface area contributed by atoms with E-state index in [2.05, 4.69) is 26.5 Å². The molecule has 0 saturated carbocycles. The predicted molar refractivity (Wildman–Crippen MR) is 82.3 cm³/mol. The van der Waals surface area contributed by atoms with Crippen molar-refractivity contribution in [3.05, 3.63) is 46.2 Å². The third kappa shape index (κ3) is 3.20. The van der Waals surface area contributed by atoms with Crippen molar-refractivity contribution in [2.24, 2.45) is 12.9 Å². The highest BCUT2D eigenvalue weighted by atomic mass is 79.9. The van der Waals surface area contributed by atoms with Crippen LogP contribution in [0.5, 0.6) is 5.75 Å². The maximum atomic E-state index is 5.73. The van der Waals surface area contributed by atoms with Gasteiger partial charge >= 0.3 is 0 Å². The largest absolute Gasteiger partial charge is 0.491 e. The van der Waals surface area contributed by atoms with Crippen LogP contribution in [-0.4, -0.2) is 15.9 Å². The Morgan fingerprint density at radius 1 is 1.40 bits per heavy atom. The van der Waals surface area contributed by atoms with Gasteiger partial charge in [-0.3, -0.25) is 10.5 Å². The van der Waals surface area contributed by atoms with E-state index in [1.54, 1.807) is 10.9 Å². The Morgan fingerprint density at radius 3 is 2.70 bits per heavy atom. The second-order valence-corrected chi connectivity index (χ2v) is 5.69. The Bertz CT molecular complexity index is 563. The molecule has 20 heavy (non-hydrogen) atoms. The van der Waals surface area contributed by atoms with E-state index in [1.807, 2.05) is 45.2 Å². The molecule has 0 aliphatic carbocycles. The van der Waals surface area contributed by atoms with Crippen molar-refractivity contribution in [2.75, 3.05) is 0 Å². The highest BCUT2D eigenvalue weighted by Crippen LogP contribution is 2.29. The van der Waals surface area contributed by atoms with Crippen LogP contribution in [0.15, 0.2) is 34.9 Å². The maximum absolute atomic E-state index is 5.73. The molecular formula is C14H19BrN4O. The van der Waals surface area contributed by atoms with Gasteiger partial charge < -0.3 is 4.74 Å². The number of ether oxygens (including phenoxy) is 1. The first-order valence-electron chi connectivity index (χ1n) is 6.43. The summed E-state index contributed by atoms with van der Waals surface area (Å²) < 4.78 is 8.44. The van der Waals surface area contributed by atoms with Gasteiger partial charge in [0.1, 0.15) is 5.75 Å². The minimum Gasteiger partial charge on any atom is -0.491 e. The summed E-state index contributed by atoms with van der Waals surface area (Å²) in [6.45, 7) is 4.01. The molecule has 6 heteroatoms. The predicted octanol–water partition coefficient (Wildman–Crippen LogP) is 2.52. The summed E-state index contributed by atoms with van der Waals surface area (Å²) in [5, 5.41) is 4.22. The van der Waals surface area contributed by atoms with Crippen LogP contribution in [-0.2, 0) is 7.05 Å². The highest BCUT2D eigenvalue weighted by Gasteiger charge is 2.20. The van der Waals surface area contributed by atoms with Crippen LogP contribution >= 0.6 is 15.9 Å². The van der Waals surface area contributed by atoms with Crippen LogP contribution in [0, 0.1) is 0 Å². The monoisotopic (exact) mass is 338 g/mol. The van der Waals surface area contributed by atoms with Gasteiger partial charge in [0.2, 0.25) is 0 Å². The zero-order valence-electron chi connectivity index (χ0n) is 11.8. The van der Waals surface area contributed by atoms with Gasteiger partial charge in [-0.25, -0.2) is 5.43 Å². The van der Waals surface area contributed by atoms with Crippen LogP contribution in [0.25, 0.3) is 0 Å². The van der Waals surface area contributed by atoms with E-state index < -0.39 is 0 Å². The summed E-state index contributed by atoms with van der Waals surface area (Å²) in [4.78, 5) is 0. The quantitative estimate of drug-likeness (QED) is 0.649. The molecule has 0 saturated heterocycles.